The molecular formula is C11H14N2O2. The number of β-amino-alcohol motifs (C(OH)–C–C–N with tert-alkyl or cyclic N) is 1. The summed E-state index contributed by atoms with van der Waals surface area (Å²) in [5.41, 5.74) is 7.84. The van der Waals surface area contributed by atoms with Crippen LogP contribution >= 0.6 is 0 Å². The van der Waals surface area contributed by atoms with Crippen LogP contribution in [0.25, 0.3) is 0 Å². The van der Waals surface area contributed by atoms with Crippen molar-refractivity contribution >= 4 is 11.6 Å². The monoisotopic (exact) mass is 206 g/mol. The van der Waals surface area contributed by atoms with Gasteiger partial charge in [-0.15, -0.1) is 0 Å². The Labute approximate surface area is 88.3 Å². The molecule has 0 fully saturated rings. The van der Waals surface area contributed by atoms with E-state index in [1.807, 2.05) is 19.1 Å². The van der Waals surface area contributed by atoms with Gasteiger partial charge in [-0.1, -0.05) is 12.1 Å². The molecule has 0 saturated heterocycles. The van der Waals surface area contributed by atoms with Crippen molar-refractivity contribution in [2.75, 3.05) is 18.9 Å². The Morgan fingerprint density at radius 1 is 1.53 bits per heavy atom. The number of nitrogen functional groups attached to an aromatic ring is 1. The Kier molecular flexibility index (Phi) is 2.36. The van der Waals surface area contributed by atoms with E-state index in [0.717, 1.165) is 5.56 Å². The van der Waals surface area contributed by atoms with E-state index in [4.69, 9.17) is 10.8 Å². The van der Waals surface area contributed by atoms with Gasteiger partial charge in [-0.25, -0.2) is 0 Å². The van der Waals surface area contributed by atoms with Gasteiger partial charge in [0.15, 0.2) is 0 Å². The van der Waals surface area contributed by atoms with Crippen molar-refractivity contribution in [3.05, 3.63) is 29.3 Å². The highest BCUT2D eigenvalue weighted by Gasteiger charge is 2.34. The third-order valence-corrected chi connectivity index (χ3v) is 2.86. The van der Waals surface area contributed by atoms with E-state index >= 15 is 0 Å². The lowest BCUT2D eigenvalue weighted by atomic mass is 10.0. The molecule has 3 N–H and O–H groups in total. The fourth-order valence-electron chi connectivity index (χ4n) is 2.07. The van der Waals surface area contributed by atoms with E-state index in [0.29, 0.717) is 17.8 Å². The van der Waals surface area contributed by atoms with Crippen LogP contribution in [0.1, 0.15) is 28.9 Å². The number of aliphatic hydroxyl groups excluding tert-OH is 1. The lowest BCUT2D eigenvalue weighted by Gasteiger charge is -2.20. The fraction of sp³-hybridized carbons (Fsp3) is 0.364. The number of fused-ring (bicyclic) bond motifs is 1. The summed E-state index contributed by atoms with van der Waals surface area (Å²) in [7, 11) is 0. The number of hydrogen-bond acceptors (Lipinski definition) is 3. The molecule has 1 aliphatic heterocycles. The van der Waals surface area contributed by atoms with Gasteiger partial charge in [0.1, 0.15) is 0 Å². The Hall–Kier alpha value is -1.55. The van der Waals surface area contributed by atoms with Gasteiger partial charge in [0.2, 0.25) is 0 Å². The minimum absolute atomic E-state index is 0.00292. The van der Waals surface area contributed by atoms with Crippen LogP contribution in [0, 0.1) is 0 Å². The molecule has 1 heterocycles. The predicted octanol–water partition coefficient (Wildman–Crippen LogP) is 0.778. The molecule has 1 unspecified atom stereocenters. The molecule has 0 aliphatic carbocycles. The lowest BCUT2D eigenvalue weighted by molar-refractivity contribution is 0.0699. The number of amides is 1. The van der Waals surface area contributed by atoms with Gasteiger partial charge in [0, 0.05) is 12.2 Å². The van der Waals surface area contributed by atoms with Gasteiger partial charge in [0.25, 0.3) is 5.91 Å². The molecule has 2 rings (SSSR count). The molecule has 0 saturated carbocycles. The molecule has 1 amide bonds. The number of hydrogen-bond donors (Lipinski definition) is 2. The largest absolute Gasteiger partial charge is 0.398 e. The first-order valence-corrected chi connectivity index (χ1v) is 4.97. The van der Waals surface area contributed by atoms with E-state index in [1.165, 1.54) is 0 Å². The SMILES string of the molecule is CC1c2cccc(N)c2C(=O)N1CCO. The van der Waals surface area contributed by atoms with Gasteiger partial charge in [-0.2, -0.15) is 0 Å². The fourth-order valence-corrected chi connectivity index (χ4v) is 2.07. The minimum atomic E-state index is -0.0790. The molecular weight excluding hydrogens is 192 g/mol. The van der Waals surface area contributed by atoms with Crippen molar-refractivity contribution in [1.29, 1.82) is 0 Å². The van der Waals surface area contributed by atoms with E-state index in [1.54, 1.807) is 11.0 Å². The molecule has 15 heavy (non-hydrogen) atoms. The molecule has 0 radical (unpaired) electrons. The second kappa shape index (κ2) is 3.55. The zero-order chi connectivity index (χ0) is 11.0. The zero-order valence-corrected chi connectivity index (χ0v) is 8.60. The van der Waals surface area contributed by atoms with Gasteiger partial charge in [-0.3, -0.25) is 4.79 Å². The Morgan fingerprint density at radius 3 is 2.87 bits per heavy atom. The van der Waals surface area contributed by atoms with Crippen LogP contribution in [0.2, 0.25) is 0 Å². The zero-order valence-electron chi connectivity index (χ0n) is 8.60. The highest BCUT2D eigenvalue weighted by atomic mass is 16.3. The number of nitrogens with two attached hydrogens (primary N) is 1. The summed E-state index contributed by atoms with van der Waals surface area (Å²) < 4.78 is 0. The molecule has 1 aliphatic rings. The number of rotatable bonds is 2. The van der Waals surface area contributed by atoms with Crippen LogP contribution in [0.15, 0.2) is 18.2 Å². The van der Waals surface area contributed by atoms with Gasteiger partial charge < -0.3 is 15.7 Å². The molecule has 1 atom stereocenters. The second-order valence-electron chi connectivity index (χ2n) is 3.71. The summed E-state index contributed by atoms with van der Waals surface area (Å²) in [6, 6.07) is 5.49. The first kappa shape index (κ1) is 9.98. The van der Waals surface area contributed by atoms with Crippen LogP contribution in [-0.4, -0.2) is 29.1 Å². The topological polar surface area (TPSA) is 66.6 Å². The van der Waals surface area contributed by atoms with Gasteiger partial charge in [-0.05, 0) is 18.6 Å². The molecule has 4 heteroatoms. The molecule has 0 bridgehead atoms. The smallest absolute Gasteiger partial charge is 0.256 e. The van der Waals surface area contributed by atoms with Crippen LogP contribution in [0.4, 0.5) is 5.69 Å². The molecule has 80 valence electrons. The highest BCUT2D eigenvalue weighted by Crippen LogP contribution is 2.35. The number of carbonyl (C=O) groups excluding carboxylic acids is 1. The Balaban J connectivity index is 2.46. The summed E-state index contributed by atoms with van der Waals surface area (Å²) >= 11 is 0. The van der Waals surface area contributed by atoms with Gasteiger partial charge >= 0.3 is 0 Å². The third kappa shape index (κ3) is 1.37. The van der Waals surface area contributed by atoms with Crippen molar-refractivity contribution in [3.8, 4) is 0 Å². The maximum absolute atomic E-state index is 12.0. The highest BCUT2D eigenvalue weighted by molar-refractivity contribution is 6.03. The normalized spacial score (nSPS) is 19.5. The summed E-state index contributed by atoms with van der Waals surface area (Å²) in [6.07, 6.45) is 0. The average molecular weight is 206 g/mol. The first-order chi connectivity index (χ1) is 7.16. The molecule has 1 aromatic carbocycles. The van der Waals surface area contributed by atoms with E-state index in [-0.39, 0.29) is 18.6 Å². The summed E-state index contributed by atoms with van der Waals surface area (Å²) in [5.74, 6) is -0.0790. The predicted molar refractivity (Wildman–Crippen MR) is 57.4 cm³/mol. The van der Waals surface area contributed by atoms with Crippen LogP contribution in [0.5, 0.6) is 0 Å². The number of carbonyl (C=O) groups is 1. The number of anilines is 1. The third-order valence-electron chi connectivity index (χ3n) is 2.86. The van der Waals surface area contributed by atoms with Crippen LogP contribution in [-0.2, 0) is 0 Å². The first-order valence-electron chi connectivity index (χ1n) is 4.97. The number of nitrogens with zero attached hydrogens (tertiary/aromatic N) is 1. The molecule has 1 aromatic rings. The maximum atomic E-state index is 12.0. The molecule has 0 aromatic heterocycles. The quantitative estimate of drug-likeness (QED) is 0.703. The van der Waals surface area contributed by atoms with E-state index in [9.17, 15) is 4.79 Å². The van der Waals surface area contributed by atoms with Crippen molar-refractivity contribution in [3.63, 3.8) is 0 Å². The van der Waals surface area contributed by atoms with Crippen molar-refractivity contribution in [2.45, 2.75) is 13.0 Å². The summed E-state index contributed by atoms with van der Waals surface area (Å²) in [6.45, 7) is 2.27. The molecule has 0 spiro atoms. The van der Waals surface area contributed by atoms with Crippen molar-refractivity contribution < 1.29 is 9.90 Å². The maximum Gasteiger partial charge on any atom is 0.256 e. The van der Waals surface area contributed by atoms with Crippen LogP contribution in [0.3, 0.4) is 0 Å². The summed E-state index contributed by atoms with van der Waals surface area (Å²) in [5, 5.41) is 8.89. The average Bonchev–Trinajstić information content (AvgIpc) is 2.45. The number of aliphatic hydroxyl groups is 1. The van der Waals surface area contributed by atoms with Gasteiger partial charge in [0.05, 0.1) is 18.2 Å². The standard InChI is InChI=1S/C11H14N2O2/c1-7-8-3-2-4-9(12)10(8)11(15)13(7)5-6-14/h2-4,7,14H,5-6,12H2,1H3. The van der Waals surface area contributed by atoms with Crippen molar-refractivity contribution in [1.82, 2.24) is 4.90 Å². The minimum Gasteiger partial charge on any atom is -0.398 e. The lowest BCUT2D eigenvalue weighted by Crippen LogP contribution is -2.29. The van der Waals surface area contributed by atoms with Crippen LogP contribution < -0.4 is 5.73 Å². The van der Waals surface area contributed by atoms with E-state index < -0.39 is 0 Å². The summed E-state index contributed by atoms with van der Waals surface area (Å²) in [4.78, 5) is 13.6. The second-order valence-corrected chi connectivity index (χ2v) is 3.71. The van der Waals surface area contributed by atoms with Crippen molar-refractivity contribution in [2.24, 2.45) is 0 Å². The Morgan fingerprint density at radius 2 is 2.27 bits per heavy atom. The number of benzene rings is 1. The molecule has 4 nitrogen and oxygen atoms in total. The Bertz CT molecular complexity index is 404. The van der Waals surface area contributed by atoms with E-state index in [2.05, 4.69) is 0 Å².